The van der Waals surface area contributed by atoms with Gasteiger partial charge in [-0.25, -0.2) is 0 Å². The number of benzene rings is 1. The zero-order valence-electron chi connectivity index (χ0n) is 10.7. The molecule has 1 aliphatic rings. The fourth-order valence-corrected chi connectivity index (χ4v) is 1.96. The van der Waals surface area contributed by atoms with Gasteiger partial charge in [-0.2, -0.15) is 0 Å². The first-order valence-electron chi connectivity index (χ1n) is 6.05. The lowest BCUT2D eigenvalue weighted by atomic mass is 10.1. The van der Waals surface area contributed by atoms with E-state index >= 15 is 0 Å². The summed E-state index contributed by atoms with van der Waals surface area (Å²) in [6.07, 6.45) is 0.307. The maximum absolute atomic E-state index is 12.3. The van der Waals surface area contributed by atoms with Crippen LogP contribution >= 0.6 is 0 Å². The molecule has 0 spiro atoms. The lowest BCUT2D eigenvalue weighted by molar-refractivity contribution is -0.120. The summed E-state index contributed by atoms with van der Waals surface area (Å²) in [4.78, 5) is 25.1. The van der Waals surface area contributed by atoms with E-state index in [0.29, 0.717) is 31.6 Å². The molecule has 1 heterocycles. The fourth-order valence-electron chi connectivity index (χ4n) is 1.96. The van der Waals surface area contributed by atoms with E-state index in [1.165, 1.54) is 19.2 Å². The van der Waals surface area contributed by atoms with E-state index in [0.717, 1.165) is 0 Å². The van der Waals surface area contributed by atoms with Gasteiger partial charge in [-0.05, 0) is 18.2 Å². The molecule has 0 atom stereocenters. The molecule has 2 amide bonds. The van der Waals surface area contributed by atoms with Crippen LogP contribution in [0.5, 0.6) is 11.5 Å². The summed E-state index contributed by atoms with van der Waals surface area (Å²) in [5.41, 5.74) is 0.434. The molecule has 1 fully saturated rings. The van der Waals surface area contributed by atoms with Crippen LogP contribution in [-0.4, -0.2) is 48.6 Å². The molecule has 0 aliphatic carbocycles. The number of phenols is 1. The lowest BCUT2D eigenvalue weighted by Gasteiger charge is -2.19. The summed E-state index contributed by atoms with van der Waals surface area (Å²) >= 11 is 0. The molecule has 1 aromatic rings. The van der Waals surface area contributed by atoms with Gasteiger partial charge < -0.3 is 20.1 Å². The van der Waals surface area contributed by atoms with Gasteiger partial charge in [0.15, 0.2) is 11.5 Å². The molecule has 2 rings (SSSR count). The van der Waals surface area contributed by atoms with Crippen molar-refractivity contribution < 1.29 is 19.4 Å². The molecule has 102 valence electrons. The number of hydrogen-bond donors (Lipinski definition) is 2. The number of methoxy groups -OCH3 is 1. The number of rotatable bonds is 2. The van der Waals surface area contributed by atoms with Crippen LogP contribution in [0.4, 0.5) is 0 Å². The third-order valence-corrected chi connectivity index (χ3v) is 3.03. The number of hydrogen-bond acceptors (Lipinski definition) is 4. The van der Waals surface area contributed by atoms with Gasteiger partial charge in [-0.15, -0.1) is 0 Å². The van der Waals surface area contributed by atoms with Crippen LogP contribution in [0, 0.1) is 0 Å². The predicted molar refractivity (Wildman–Crippen MR) is 68.2 cm³/mol. The molecular formula is C13H16N2O4. The molecule has 1 aromatic carbocycles. The molecule has 6 nitrogen and oxygen atoms in total. The van der Waals surface area contributed by atoms with E-state index in [1.54, 1.807) is 11.0 Å². The molecular weight excluding hydrogens is 248 g/mol. The first kappa shape index (κ1) is 13.2. The van der Waals surface area contributed by atoms with Crippen molar-refractivity contribution in [2.45, 2.75) is 6.42 Å². The van der Waals surface area contributed by atoms with Crippen LogP contribution in [0.15, 0.2) is 18.2 Å². The summed E-state index contributed by atoms with van der Waals surface area (Å²) in [6.45, 7) is 1.33. The Morgan fingerprint density at radius 1 is 1.42 bits per heavy atom. The number of aromatic hydroxyl groups is 1. The molecule has 1 saturated heterocycles. The number of amides is 2. The van der Waals surface area contributed by atoms with Crippen molar-refractivity contribution in [3.63, 3.8) is 0 Å². The van der Waals surface area contributed by atoms with Crippen molar-refractivity contribution in [3.8, 4) is 11.5 Å². The Labute approximate surface area is 111 Å². The van der Waals surface area contributed by atoms with Gasteiger partial charge in [0.05, 0.1) is 7.11 Å². The Bertz CT molecular complexity index is 501. The van der Waals surface area contributed by atoms with Crippen LogP contribution in [0.25, 0.3) is 0 Å². The van der Waals surface area contributed by atoms with Crippen LogP contribution in [0.2, 0.25) is 0 Å². The first-order valence-corrected chi connectivity index (χ1v) is 6.05. The highest BCUT2D eigenvalue weighted by Gasteiger charge is 2.20. The summed E-state index contributed by atoms with van der Waals surface area (Å²) < 4.78 is 4.98. The van der Waals surface area contributed by atoms with Gasteiger partial charge in [0.2, 0.25) is 5.91 Å². The SMILES string of the molecule is COc1cc(C(=O)N2CCNC(=O)CC2)ccc1O. The maximum atomic E-state index is 12.3. The molecule has 0 radical (unpaired) electrons. The summed E-state index contributed by atoms with van der Waals surface area (Å²) in [7, 11) is 1.43. The Balaban J connectivity index is 2.16. The van der Waals surface area contributed by atoms with Crippen molar-refractivity contribution >= 4 is 11.8 Å². The molecule has 0 unspecified atom stereocenters. The topological polar surface area (TPSA) is 78.9 Å². The molecule has 6 heteroatoms. The van der Waals surface area contributed by atoms with Gasteiger partial charge in [-0.1, -0.05) is 0 Å². The van der Waals surface area contributed by atoms with Crippen molar-refractivity contribution in [3.05, 3.63) is 23.8 Å². The van der Waals surface area contributed by atoms with Gasteiger partial charge in [0, 0.05) is 31.6 Å². The van der Waals surface area contributed by atoms with E-state index in [4.69, 9.17) is 4.74 Å². The van der Waals surface area contributed by atoms with Crippen molar-refractivity contribution in [1.29, 1.82) is 0 Å². The van der Waals surface area contributed by atoms with E-state index in [1.807, 2.05) is 0 Å². The lowest BCUT2D eigenvalue weighted by Crippen LogP contribution is -2.34. The quantitative estimate of drug-likeness (QED) is 0.808. The molecule has 2 N–H and O–H groups in total. The van der Waals surface area contributed by atoms with Gasteiger partial charge in [-0.3, -0.25) is 9.59 Å². The Morgan fingerprint density at radius 2 is 2.21 bits per heavy atom. The van der Waals surface area contributed by atoms with Gasteiger partial charge in [0.1, 0.15) is 0 Å². The van der Waals surface area contributed by atoms with Gasteiger partial charge in [0.25, 0.3) is 5.91 Å². The second-order valence-electron chi connectivity index (χ2n) is 4.28. The number of nitrogens with one attached hydrogen (secondary N) is 1. The van der Waals surface area contributed by atoms with E-state index in [2.05, 4.69) is 5.32 Å². The zero-order valence-corrected chi connectivity index (χ0v) is 10.7. The monoisotopic (exact) mass is 264 g/mol. The number of phenolic OH excluding ortho intramolecular Hbond substituents is 1. The average Bonchev–Trinajstić information content (AvgIpc) is 2.63. The molecule has 1 aliphatic heterocycles. The predicted octanol–water partition coefficient (Wildman–Crippen LogP) is 0.363. The normalized spacial score (nSPS) is 15.6. The van der Waals surface area contributed by atoms with E-state index in [9.17, 15) is 14.7 Å². The highest BCUT2D eigenvalue weighted by atomic mass is 16.5. The standard InChI is InChI=1S/C13H16N2O4/c1-19-11-8-9(2-3-10(11)16)13(18)15-6-4-12(17)14-5-7-15/h2-3,8,16H,4-7H2,1H3,(H,14,17). The second kappa shape index (κ2) is 5.60. The number of carbonyl (C=O) groups excluding carboxylic acids is 2. The van der Waals surface area contributed by atoms with Crippen LogP contribution in [0.3, 0.4) is 0 Å². The second-order valence-corrected chi connectivity index (χ2v) is 4.28. The molecule has 0 bridgehead atoms. The maximum Gasteiger partial charge on any atom is 0.254 e. The Hall–Kier alpha value is -2.24. The zero-order chi connectivity index (χ0) is 13.8. The van der Waals surface area contributed by atoms with Crippen molar-refractivity contribution in [2.24, 2.45) is 0 Å². The van der Waals surface area contributed by atoms with E-state index < -0.39 is 0 Å². The average molecular weight is 264 g/mol. The molecule has 0 aromatic heterocycles. The Kier molecular flexibility index (Phi) is 3.89. The number of nitrogens with zero attached hydrogens (tertiary/aromatic N) is 1. The number of ether oxygens (including phenoxy) is 1. The van der Waals surface area contributed by atoms with Gasteiger partial charge >= 0.3 is 0 Å². The summed E-state index contributed by atoms with van der Waals surface area (Å²) in [5.74, 6) is 0.0371. The minimum atomic E-state index is -0.171. The summed E-state index contributed by atoms with van der Waals surface area (Å²) in [5, 5.41) is 12.2. The summed E-state index contributed by atoms with van der Waals surface area (Å²) in [6, 6.07) is 4.46. The highest BCUT2D eigenvalue weighted by molar-refractivity contribution is 5.95. The smallest absolute Gasteiger partial charge is 0.254 e. The van der Waals surface area contributed by atoms with Crippen LogP contribution < -0.4 is 10.1 Å². The third-order valence-electron chi connectivity index (χ3n) is 3.03. The van der Waals surface area contributed by atoms with Crippen molar-refractivity contribution in [2.75, 3.05) is 26.7 Å². The molecule has 19 heavy (non-hydrogen) atoms. The molecule has 0 saturated carbocycles. The van der Waals surface area contributed by atoms with Crippen LogP contribution in [0.1, 0.15) is 16.8 Å². The van der Waals surface area contributed by atoms with Crippen LogP contribution in [-0.2, 0) is 4.79 Å². The minimum Gasteiger partial charge on any atom is -0.504 e. The fraction of sp³-hybridized carbons (Fsp3) is 0.385. The Morgan fingerprint density at radius 3 is 2.95 bits per heavy atom. The number of carbonyl (C=O) groups is 2. The third kappa shape index (κ3) is 2.96. The first-order chi connectivity index (χ1) is 9.11. The minimum absolute atomic E-state index is 0.00763. The highest BCUT2D eigenvalue weighted by Crippen LogP contribution is 2.26. The van der Waals surface area contributed by atoms with Crippen molar-refractivity contribution in [1.82, 2.24) is 10.2 Å². The largest absolute Gasteiger partial charge is 0.504 e. The van der Waals surface area contributed by atoms with E-state index in [-0.39, 0.29) is 23.3 Å².